The number of thiazole rings is 1. The average Bonchev–Trinajstić information content (AvgIpc) is 3.26. The molecule has 1 aliphatic rings. The Kier molecular flexibility index (Phi) is 7.38. The Balaban J connectivity index is 1.49. The number of anilines is 2. The molecule has 2 heterocycles. The summed E-state index contributed by atoms with van der Waals surface area (Å²) < 4.78 is 16.7. The van der Waals surface area contributed by atoms with Crippen molar-refractivity contribution in [1.82, 2.24) is 10.3 Å². The zero-order valence-electron chi connectivity index (χ0n) is 18.6. The first-order chi connectivity index (χ1) is 16.1. The van der Waals surface area contributed by atoms with E-state index in [1.165, 1.54) is 18.4 Å². The van der Waals surface area contributed by atoms with Crippen LogP contribution in [0.2, 0.25) is 0 Å². The SMILES string of the molecule is COCC(=O)NCc1ccc(C(=O)Nc2nc3c(OC)ccc(N4CCOCC4)c3s2)cc1. The third kappa shape index (κ3) is 5.41. The maximum absolute atomic E-state index is 12.8. The van der Waals surface area contributed by atoms with Gasteiger partial charge in [0, 0.05) is 32.3 Å². The van der Waals surface area contributed by atoms with Gasteiger partial charge in [-0.25, -0.2) is 4.98 Å². The average molecular weight is 471 g/mol. The Morgan fingerprint density at radius 1 is 1.12 bits per heavy atom. The maximum Gasteiger partial charge on any atom is 0.257 e. The molecule has 1 aliphatic heterocycles. The van der Waals surface area contributed by atoms with Crippen molar-refractivity contribution in [3.05, 3.63) is 47.5 Å². The van der Waals surface area contributed by atoms with Crippen LogP contribution < -0.4 is 20.3 Å². The lowest BCUT2D eigenvalue weighted by Gasteiger charge is -2.29. The van der Waals surface area contributed by atoms with Gasteiger partial charge in [-0.05, 0) is 29.8 Å². The van der Waals surface area contributed by atoms with E-state index >= 15 is 0 Å². The number of nitrogens with zero attached hydrogens (tertiary/aromatic N) is 2. The van der Waals surface area contributed by atoms with Crippen molar-refractivity contribution < 1.29 is 23.8 Å². The molecule has 174 valence electrons. The van der Waals surface area contributed by atoms with Crippen LogP contribution in [0.3, 0.4) is 0 Å². The molecule has 2 aromatic carbocycles. The number of amides is 2. The zero-order chi connectivity index (χ0) is 23.2. The summed E-state index contributed by atoms with van der Waals surface area (Å²) in [7, 11) is 3.08. The number of hydrogen-bond acceptors (Lipinski definition) is 8. The zero-order valence-corrected chi connectivity index (χ0v) is 19.4. The molecule has 1 fully saturated rings. The van der Waals surface area contributed by atoms with Gasteiger partial charge in [0.15, 0.2) is 5.13 Å². The van der Waals surface area contributed by atoms with E-state index in [-0.39, 0.29) is 18.4 Å². The molecule has 0 unspecified atom stereocenters. The number of hydrogen-bond donors (Lipinski definition) is 2. The molecule has 0 spiro atoms. The van der Waals surface area contributed by atoms with Crippen LogP contribution in [0.5, 0.6) is 5.75 Å². The fraction of sp³-hybridized carbons (Fsp3) is 0.348. The van der Waals surface area contributed by atoms with Crippen molar-refractivity contribution in [3.63, 3.8) is 0 Å². The normalized spacial score (nSPS) is 13.7. The number of methoxy groups -OCH3 is 2. The van der Waals surface area contributed by atoms with Crippen molar-refractivity contribution in [2.24, 2.45) is 0 Å². The Hall–Kier alpha value is -3.21. The number of fused-ring (bicyclic) bond motifs is 1. The number of aromatic nitrogens is 1. The van der Waals surface area contributed by atoms with E-state index in [1.54, 1.807) is 31.4 Å². The van der Waals surface area contributed by atoms with Crippen LogP contribution in [0.15, 0.2) is 36.4 Å². The summed E-state index contributed by atoms with van der Waals surface area (Å²) in [6.07, 6.45) is 0. The first-order valence-electron chi connectivity index (χ1n) is 10.5. The Morgan fingerprint density at radius 2 is 1.88 bits per heavy atom. The molecular weight excluding hydrogens is 444 g/mol. The monoisotopic (exact) mass is 470 g/mol. The Morgan fingerprint density at radius 3 is 2.58 bits per heavy atom. The first kappa shape index (κ1) is 23.0. The van der Waals surface area contributed by atoms with E-state index in [0.717, 1.165) is 34.6 Å². The summed E-state index contributed by atoms with van der Waals surface area (Å²) in [4.78, 5) is 31.2. The molecule has 4 rings (SSSR count). The molecule has 2 N–H and O–H groups in total. The minimum Gasteiger partial charge on any atom is -0.494 e. The van der Waals surface area contributed by atoms with Gasteiger partial charge in [0.2, 0.25) is 5.91 Å². The summed E-state index contributed by atoms with van der Waals surface area (Å²) in [6.45, 7) is 3.36. The van der Waals surface area contributed by atoms with Crippen molar-refractivity contribution >= 4 is 44.2 Å². The van der Waals surface area contributed by atoms with Crippen molar-refractivity contribution in [3.8, 4) is 5.75 Å². The highest BCUT2D eigenvalue weighted by molar-refractivity contribution is 7.23. The molecule has 0 radical (unpaired) electrons. The summed E-state index contributed by atoms with van der Waals surface area (Å²) >= 11 is 1.42. The molecular formula is C23H26N4O5S. The minimum atomic E-state index is -0.254. The van der Waals surface area contributed by atoms with Gasteiger partial charge in [-0.2, -0.15) is 0 Å². The molecule has 2 amide bonds. The highest BCUT2D eigenvalue weighted by Crippen LogP contribution is 2.39. The van der Waals surface area contributed by atoms with Crippen molar-refractivity contribution in [2.45, 2.75) is 6.54 Å². The first-order valence-corrected chi connectivity index (χ1v) is 11.4. The van der Waals surface area contributed by atoms with Crippen molar-refractivity contribution in [2.75, 3.05) is 57.3 Å². The van der Waals surface area contributed by atoms with Gasteiger partial charge in [0.25, 0.3) is 5.91 Å². The van der Waals surface area contributed by atoms with Gasteiger partial charge in [0.05, 0.1) is 30.7 Å². The molecule has 33 heavy (non-hydrogen) atoms. The predicted octanol–water partition coefficient (Wildman–Crippen LogP) is 2.66. The van der Waals surface area contributed by atoms with E-state index in [2.05, 4.69) is 20.5 Å². The second-order valence-corrected chi connectivity index (χ2v) is 8.44. The smallest absolute Gasteiger partial charge is 0.257 e. The van der Waals surface area contributed by atoms with Gasteiger partial charge >= 0.3 is 0 Å². The predicted molar refractivity (Wildman–Crippen MR) is 127 cm³/mol. The van der Waals surface area contributed by atoms with Crippen LogP contribution in [0.4, 0.5) is 10.8 Å². The number of carbonyl (C=O) groups excluding carboxylic acids is 2. The highest BCUT2D eigenvalue weighted by atomic mass is 32.1. The standard InChI is InChI=1S/C23H26N4O5S/c1-30-14-19(28)24-13-15-3-5-16(6-4-15)22(29)26-23-25-20-18(31-2)8-7-17(21(20)33-23)27-9-11-32-12-10-27/h3-8H,9-14H2,1-2H3,(H,24,28)(H,25,26,29). The number of ether oxygens (including phenoxy) is 3. The van der Waals surface area contributed by atoms with E-state index in [9.17, 15) is 9.59 Å². The van der Waals surface area contributed by atoms with Crippen LogP contribution in [0, 0.1) is 0 Å². The van der Waals surface area contributed by atoms with E-state index < -0.39 is 0 Å². The minimum absolute atomic E-state index is 0.0146. The molecule has 3 aromatic rings. The molecule has 1 saturated heterocycles. The third-order valence-corrected chi connectivity index (χ3v) is 6.25. The fourth-order valence-corrected chi connectivity index (χ4v) is 4.59. The second-order valence-electron chi connectivity index (χ2n) is 7.44. The Labute approximate surface area is 195 Å². The largest absolute Gasteiger partial charge is 0.494 e. The van der Waals surface area contributed by atoms with E-state index in [1.807, 2.05) is 12.1 Å². The van der Waals surface area contributed by atoms with Crippen molar-refractivity contribution in [1.29, 1.82) is 0 Å². The molecule has 0 saturated carbocycles. The van der Waals surface area contributed by atoms with Gasteiger partial charge in [-0.15, -0.1) is 0 Å². The lowest BCUT2D eigenvalue weighted by molar-refractivity contribution is -0.124. The number of nitrogens with one attached hydrogen (secondary N) is 2. The van der Waals surface area contributed by atoms with Crippen LogP contribution in [-0.2, 0) is 20.8 Å². The summed E-state index contributed by atoms with van der Waals surface area (Å²) in [5, 5.41) is 6.15. The molecule has 9 nitrogen and oxygen atoms in total. The number of morpholine rings is 1. The van der Waals surface area contributed by atoms with Gasteiger partial charge in [0.1, 0.15) is 17.9 Å². The van der Waals surface area contributed by atoms with Gasteiger partial charge in [-0.3, -0.25) is 14.9 Å². The number of rotatable bonds is 8. The van der Waals surface area contributed by atoms with Crippen LogP contribution in [-0.4, -0.2) is 63.9 Å². The molecule has 0 atom stereocenters. The maximum atomic E-state index is 12.8. The van der Waals surface area contributed by atoms with Gasteiger partial charge in [-0.1, -0.05) is 23.5 Å². The summed E-state index contributed by atoms with van der Waals surface area (Å²) in [5.41, 5.74) is 3.17. The molecule has 0 bridgehead atoms. The van der Waals surface area contributed by atoms with E-state index in [4.69, 9.17) is 14.2 Å². The van der Waals surface area contributed by atoms with Gasteiger partial charge < -0.3 is 24.4 Å². The van der Waals surface area contributed by atoms with Crippen LogP contribution in [0.1, 0.15) is 15.9 Å². The second kappa shape index (κ2) is 10.6. The fourth-order valence-electron chi connectivity index (χ4n) is 3.57. The van der Waals surface area contributed by atoms with Crippen LogP contribution in [0.25, 0.3) is 10.2 Å². The lowest BCUT2D eigenvalue weighted by atomic mass is 10.1. The topological polar surface area (TPSA) is 102 Å². The third-order valence-electron chi connectivity index (χ3n) is 5.26. The lowest BCUT2D eigenvalue weighted by Crippen LogP contribution is -2.36. The molecule has 10 heteroatoms. The summed E-state index contributed by atoms with van der Waals surface area (Å²) in [5.74, 6) is 0.219. The summed E-state index contributed by atoms with van der Waals surface area (Å²) in [6, 6.07) is 11.0. The number of carbonyl (C=O) groups is 2. The molecule has 1 aromatic heterocycles. The molecule has 0 aliphatic carbocycles. The van der Waals surface area contributed by atoms with E-state index in [0.29, 0.717) is 36.2 Å². The highest BCUT2D eigenvalue weighted by Gasteiger charge is 2.20. The quantitative estimate of drug-likeness (QED) is 0.522. The number of benzene rings is 2. The Bertz CT molecular complexity index is 1130. The van der Waals surface area contributed by atoms with Crippen LogP contribution >= 0.6 is 11.3 Å².